The molecule has 1 aromatic heterocycles. The number of pyridine rings is 1. The van der Waals surface area contributed by atoms with Gasteiger partial charge in [-0.2, -0.15) is 0 Å². The molecule has 0 aliphatic rings. The van der Waals surface area contributed by atoms with Crippen LogP contribution in [0.5, 0.6) is 5.88 Å². The van der Waals surface area contributed by atoms with Crippen LogP contribution in [0, 0.1) is 0 Å². The van der Waals surface area contributed by atoms with Gasteiger partial charge in [-0.15, -0.1) is 0 Å². The zero-order valence-corrected chi connectivity index (χ0v) is 10.8. The van der Waals surface area contributed by atoms with Crippen molar-refractivity contribution in [2.75, 3.05) is 34.4 Å². The summed E-state index contributed by atoms with van der Waals surface area (Å²) in [7, 11) is 4.84. The fourth-order valence-electron chi connectivity index (χ4n) is 1.62. The molecule has 0 amide bonds. The average Bonchev–Trinajstić information content (AvgIpc) is 2.37. The second-order valence-corrected chi connectivity index (χ2v) is 3.85. The van der Waals surface area contributed by atoms with Crippen molar-refractivity contribution in [1.82, 2.24) is 9.88 Å². The Hall–Kier alpha value is -1.66. The van der Waals surface area contributed by atoms with Crippen LogP contribution < -0.4 is 4.74 Å². The van der Waals surface area contributed by atoms with Crippen molar-refractivity contribution in [2.24, 2.45) is 0 Å². The maximum Gasteiger partial charge on any atom is 0.325 e. The van der Waals surface area contributed by atoms with Gasteiger partial charge in [-0.1, -0.05) is 0 Å². The van der Waals surface area contributed by atoms with Gasteiger partial charge in [-0.3, -0.25) is 9.69 Å². The van der Waals surface area contributed by atoms with Crippen molar-refractivity contribution < 1.29 is 19.4 Å². The van der Waals surface area contributed by atoms with E-state index in [0.29, 0.717) is 24.6 Å². The Morgan fingerprint density at radius 2 is 2.22 bits per heavy atom. The number of nitrogens with zero attached hydrogens (tertiary/aromatic N) is 2. The van der Waals surface area contributed by atoms with Crippen LogP contribution in [0.4, 0.5) is 0 Å². The van der Waals surface area contributed by atoms with Crippen molar-refractivity contribution in [3.63, 3.8) is 0 Å². The first-order valence-electron chi connectivity index (χ1n) is 5.52. The summed E-state index contributed by atoms with van der Waals surface area (Å²) in [5.74, 6) is -0.456. The SMILES string of the molecule is COCCN(C)[C@H](C(=O)O)c1ccc(OC)nc1. The van der Waals surface area contributed by atoms with Gasteiger partial charge in [0.1, 0.15) is 6.04 Å². The Balaban J connectivity index is 2.86. The van der Waals surface area contributed by atoms with Crippen LogP contribution in [0.1, 0.15) is 11.6 Å². The summed E-state index contributed by atoms with van der Waals surface area (Å²) in [4.78, 5) is 17.0. The van der Waals surface area contributed by atoms with Crippen molar-refractivity contribution in [3.8, 4) is 5.88 Å². The number of carboxylic acid groups (broad SMARTS) is 1. The molecule has 100 valence electrons. The molecular weight excluding hydrogens is 236 g/mol. The molecule has 0 saturated heterocycles. The summed E-state index contributed by atoms with van der Waals surface area (Å²) < 4.78 is 9.89. The van der Waals surface area contributed by atoms with Crippen LogP contribution in [0.25, 0.3) is 0 Å². The molecule has 1 rings (SSSR count). The van der Waals surface area contributed by atoms with E-state index in [4.69, 9.17) is 9.47 Å². The van der Waals surface area contributed by atoms with Crippen LogP contribution in [-0.4, -0.2) is 55.4 Å². The first kappa shape index (κ1) is 14.4. The minimum atomic E-state index is -0.916. The Morgan fingerprint density at radius 3 is 2.67 bits per heavy atom. The Kier molecular flexibility index (Phi) is 5.54. The van der Waals surface area contributed by atoms with Gasteiger partial charge in [0.25, 0.3) is 0 Å². The maximum absolute atomic E-state index is 11.3. The monoisotopic (exact) mass is 254 g/mol. The number of aromatic nitrogens is 1. The van der Waals surface area contributed by atoms with Gasteiger partial charge in [-0.05, 0) is 18.7 Å². The van der Waals surface area contributed by atoms with Gasteiger partial charge in [-0.25, -0.2) is 4.98 Å². The lowest BCUT2D eigenvalue weighted by Crippen LogP contribution is -2.33. The van der Waals surface area contributed by atoms with Crippen LogP contribution in [0.15, 0.2) is 18.3 Å². The largest absolute Gasteiger partial charge is 0.481 e. The van der Waals surface area contributed by atoms with E-state index in [-0.39, 0.29) is 0 Å². The zero-order chi connectivity index (χ0) is 13.5. The zero-order valence-electron chi connectivity index (χ0n) is 10.8. The molecule has 0 aliphatic heterocycles. The molecule has 6 heteroatoms. The molecule has 0 saturated carbocycles. The Morgan fingerprint density at radius 1 is 1.50 bits per heavy atom. The van der Waals surface area contributed by atoms with Crippen LogP contribution in [-0.2, 0) is 9.53 Å². The predicted molar refractivity (Wildman–Crippen MR) is 65.7 cm³/mol. The number of hydrogen-bond acceptors (Lipinski definition) is 5. The molecule has 0 fully saturated rings. The number of rotatable bonds is 7. The van der Waals surface area contributed by atoms with E-state index >= 15 is 0 Å². The Bertz CT molecular complexity index is 380. The molecule has 1 aromatic rings. The lowest BCUT2D eigenvalue weighted by atomic mass is 10.1. The summed E-state index contributed by atoms with van der Waals surface area (Å²) in [6, 6.07) is 2.61. The minimum Gasteiger partial charge on any atom is -0.481 e. The quantitative estimate of drug-likeness (QED) is 0.775. The van der Waals surface area contributed by atoms with E-state index in [1.165, 1.54) is 13.3 Å². The van der Waals surface area contributed by atoms with Gasteiger partial charge in [0.15, 0.2) is 0 Å². The summed E-state index contributed by atoms with van der Waals surface area (Å²) in [5, 5.41) is 9.28. The topological polar surface area (TPSA) is 71.9 Å². The highest BCUT2D eigenvalue weighted by atomic mass is 16.5. The fourth-order valence-corrected chi connectivity index (χ4v) is 1.62. The highest BCUT2D eigenvalue weighted by Gasteiger charge is 2.24. The second kappa shape index (κ2) is 6.93. The van der Waals surface area contributed by atoms with E-state index in [9.17, 15) is 9.90 Å². The summed E-state index contributed by atoms with van der Waals surface area (Å²) >= 11 is 0. The lowest BCUT2D eigenvalue weighted by Gasteiger charge is -2.24. The molecule has 0 aromatic carbocycles. The molecule has 0 bridgehead atoms. The third kappa shape index (κ3) is 3.68. The molecule has 1 atom stereocenters. The van der Waals surface area contributed by atoms with Crippen molar-refractivity contribution in [3.05, 3.63) is 23.9 Å². The first-order valence-corrected chi connectivity index (χ1v) is 5.52. The summed E-state index contributed by atoms with van der Waals surface area (Å²) in [6.07, 6.45) is 1.51. The maximum atomic E-state index is 11.3. The molecule has 0 aliphatic carbocycles. The first-order chi connectivity index (χ1) is 8.60. The molecule has 0 radical (unpaired) electrons. The number of carbonyl (C=O) groups is 1. The van der Waals surface area contributed by atoms with E-state index in [1.807, 2.05) is 0 Å². The standard InChI is InChI=1S/C12H18N2O4/c1-14(6-7-17-2)11(12(15)16)9-4-5-10(18-3)13-8-9/h4-5,8,11H,6-7H2,1-3H3,(H,15,16)/t11-/m0/s1. The number of ether oxygens (including phenoxy) is 2. The van der Waals surface area contributed by atoms with Crippen LogP contribution in [0.2, 0.25) is 0 Å². The van der Waals surface area contributed by atoms with Crippen molar-refractivity contribution >= 4 is 5.97 Å². The van der Waals surface area contributed by atoms with Crippen molar-refractivity contribution in [1.29, 1.82) is 0 Å². The number of methoxy groups -OCH3 is 2. The number of carboxylic acids is 1. The summed E-state index contributed by atoms with van der Waals surface area (Å²) in [6.45, 7) is 1.00. The average molecular weight is 254 g/mol. The van der Waals surface area contributed by atoms with Gasteiger partial charge in [0.05, 0.1) is 13.7 Å². The van der Waals surface area contributed by atoms with Crippen LogP contribution >= 0.6 is 0 Å². The number of hydrogen-bond donors (Lipinski definition) is 1. The third-order valence-corrected chi connectivity index (χ3v) is 2.61. The number of aliphatic carboxylic acids is 1. The van der Waals surface area contributed by atoms with Crippen molar-refractivity contribution in [2.45, 2.75) is 6.04 Å². The fraction of sp³-hybridized carbons (Fsp3) is 0.500. The highest BCUT2D eigenvalue weighted by Crippen LogP contribution is 2.20. The minimum absolute atomic E-state index is 0.461. The smallest absolute Gasteiger partial charge is 0.325 e. The van der Waals surface area contributed by atoms with Gasteiger partial charge in [0, 0.05) is 25.9 Å². The highest BCUT2D eigenvalue weighted by molar-refractivity contribution is 5.75. The lowest BCUT2D eigenvalue weighted by molar-refractivity contribution is -0.143. The second-order valence-electron chi connectivity index (χ2n) is 3.85. The van der Waals surface area contributed by atoms with Gasteiger partial charge in [0.2, 0.25) is 5.88 Å². The van der Waals surface area contributed by atoms with E-state index in [0.717, 1.165) is 0 Å². The predicted octanol–water partition coefficient (Wildman–Crippen LogP) is 0.794. The molecule has 18 heavy (non-hydrogen) atoms. The molecule has 6 nitrogen and oxygen atoms in total. The number of likely N-dealkylation sites (N-methyl/N-ethyl adjacent to an activating group) is 1. The van der Waals surface area contributed by atoms with Gasteiger partial charge >= 0.3 is 5.97 Å². The summed E-state index contributed by atoms with van der Waals surface area (Å²) in [5.41, 5.74) is 0.613. The molecular formula is C12H18N2O4. The van der Waals surface area contributed by atoms with E-state index in [1.54, 1.807) is 31.2 Å². The Labute approximate surface area is 106 Å². The van der Waals surface area contributed by atoms with E-state index < -0.39 is 12.0 Å². The van der Waals surface area contributed by atoms with Gasteiger partial charge < -0.3 is 14.6 Å². The normalized spacial score (nSPS) is 12.4. The van der Waals surface area contributed by atoms with E-state index in [2.05, 4.69) is 4.98 Å². The van der Waals surface area contributed by atoms with Crippen LogP contribution in [0.3, 0.4) is 0 Å². The molecule has 0 unspecified atom stereocenters. The molecule has 1 N–H and O–H groups in total. The molecule has 1 heterocycles. The third-order valence-electron chi connectivity index (χ3n) is 2.61. The molecule has 0 spiro atoms.